The number of Topliss-reactive ketones (excluding diaryl/α,β-unsaturated/α-hetero) is 2. The molecule has 2 aromatic rings. The normalized spacial score (nSPS) is 10.5. The Balaban J connectivity index is -0.000000491. The zero-order valence-corrected chi connectivity index (χ0v) is 31.5. The molecule has 0 saturated carbocycles. The molecule has 2 aromatic carbocycles. The fraction of sp³-hybridized carbons (Fsp3) is 0.615. The summed E-state index contributed by atoms with van der Waals surface area (Å²) in [5, 5.41) is 3.13. The van der Waals surface area contributed by atoms with Crippen molar-refractivity contribution in [2.45, 2.75) is 147 Å². The number of ketones is 2. The van der Waals surface area contributed by atoms with Crippen LogP contribution in [0.4, 0.5) is 0 Å². The third-order valence-corrected chi connectivity index (χ3v) is 6.90. The van der Waals surface area contributed by atoms with Crippen LogP contribution in [0.2, 0.25) is 0 Å². The Morgan fingerprint density at radius 1 is 0.727 bits per heavy atom. The number of hydrogen-bond donors (Lipinski definition) is 1. The lowest BCUT2D eigenvalue weighted by Crippen LogP contribution is -2.48. The second-order valence-corrected chi connectivity index (χ2v) is 12.6. The molecule has 2 rings (SSSR count). The van der Waals surface area contributed by atoms with Gasteiger partial charge in [-0.2, -0.15) is 0 Å². The van der Waals surface area contributed by atoms with Crippen LogP contribution in [0.5, 0.6) is 0 Å². The van der Waals surface area contributed by atoms with Gasteiger partial charge in [0.25, 0.3) is 5.17 Å². The van der Waals surface area contributed by atoms with E-state index in [1.54, 1.807) is 13.8 Å². The molecule has 0 aromatic heterocycles. The van der Waals surface area contributed by atoms with E-state index < -0.39 is 0 Å². The van der Waals surface area contributed by atoms with Crippen LogP contribution < -0.4 is 5.32 Å². The first-order chi connectivity index (χ1) is 20.6. The average Bonchev–Trinajstić information content (AvgIpc) is 2.97. The number of thiocarbonyl (C=S) groups is 1. The maximum atomic E-state index is 11.3. The molecule has 0 amide bonds. The van der Waals surface area contributed by atoms with E-state index in [4.69, 9.17) is 17.0 Å². The SMILES string of the molecule is CCCCC.CCCCCC(C)=O.CCc1ccc(C)cc1.CCc1ccc(C)cc1.COC(=S)N[C@H](C(C)=O)C(C)(C)C. The van der Waals surface area contributed by atoms with Crippen molar-refractivity contribution in [3.05, 3.63) is 70.8 Å². The Hall–Kier alpha value is -2.53. The van der Waals surface area contributed by atoms with Crippen molar-refractivity contribution < 1.29 is 14.3 Å². The lowest BCUT2D eigenvalue weighted by Gasteiger charge is -2.29. The van der Waals surface area contributed by atoms with E-state index in [9.17, 15) is 9.59 Å². The van der Waals surface area contributed by atoms with Gasteiger partial charge in [0.1, 0.15) is 5.78 Å². The van der Waals surface area contributed by atoms with Crippen molar-refractivity contribution in [3.63, 3.8) is 0 Å². The number of hydrogen-bond acceptors (Lipinski definition) is 4. The summed E-state index contributed by atoms with van der Waals surface area (Å²) in [5.74, 6) is 0.380. The first kappa shape index (κ1) is 45.9. The molecule has 0 unspecified atom stereocenters. The highest BCUT2D eigenvalue weighted by Gasteiger charge is 2.29. The standard InChI is InChI=1S/C9H17NO2S.2C9H12.C7H14O.C5H12/c1-6(11)7(9(2,3)4)10-8(13)12-5;2*1-3-9-6-4-8(2)5-7-9;1-3-4-5-6-7(2)8;1-3-5-4-2/h7H,1-5H3,(H,10,13);2*4-7H,3H2,1-2H3;3-6H2,1-2H3;3-5H2,1-2H3/t7-;;;;/m1..../s1. The quantitative estimate of drug-likeness (QED) is 0.209. The van der Waals surface area contributed by atoms with E-state index >= 15 is 0 Å². The topological polar surface area (TPSA) is 55.4 Å². The summed E-state index contributed by atoms with van der Waals surface area (Å²) in [5.41, 5.74) is 5.36. The summed E-state index contributed by atoms with van der Waals surface area (Å²) in [6, 6.07) is 17.0. The lowest BCUT2D eigenvalue weighted by molar-refractivity contribution is -0.121. The summed E-state index contributed by atoms with van der Waals surface area (Å²) in [7, 11) is 1.48. The molecular formula is C39H67NO3S. The van der Waals surface area contributed by atoms with Gasteiger partial charge in [-0.25, -0.2) is 0 Å². The van der Waals surface area contributed by atoms with Gasteiger partial charge in [-0.15, -0.1) is 0 Å². The van der Waals surface area contributed by atoms with E-state index in [2.05, 4.69) is 102 Å². The Morgan fingerprint density at radius 3 is 1.34 bits per heavy atom. The van der Waals surface area contributed by atoms with Gasteiger partial charge < -0.3 is 14.8 Å². The predicted octanol–water partition coefficient (Wildman–Crippen LogP) is 11.0. The van der Waals surface area contributed by atoms with Crippen LogP contribution in [0.1, 0.15) is 136 Å². The van der Waals surface area contributed by atoms with Crippen LogP contribution in [0.15, 0.2) is 48.5 Å². The van der Waals surface area contributed by atoms with Gasteiger partial charge in [-0.1, -0.05) is 147 Å². The molecule has 252 valence electrons. The molecule has 0 bridgehead atoms. The molecule has 0 radical (unpaired) electrons. The van der Waals surface area contributed by atoms with E-state index in [0.29, 0.717) is 5.78 Å². The molecule has 0 aliphatic carbocycles. The zero-order valence-electron chi connectivity index (χ0n) is 30.7. The predicted molar refractivity (Wildman–Crippen MR) is 198 cm³/mol. The zero-order chi connectivity index (χ0) is 34.6. The van der Waals surface area contributed by atoms with E-state index in [1.165, 1.54) is 61.5 Å². The molecule has 0 fully saturated rings. The number of carbonyl (C=O) groups excluding carboxylic acids is 2. The molecule has 44 heavy (non-hydrogen) atoms. The molecule has 0 aliphatic heterocycles. The van der Waals surface area contributed by atoms with Crippen molar-refractivity contribution in [1.29, 1.82) is 0 Å². The molecule has 0 heterocycles. The van der Waals surface area contributed by atoms with Gasteiger partial charge in [0.05, 0.1) is 13.2 Å². The fourth-order valence-electron chi connectivity index (χ4n) is 3.73. The number of benzene rings is 2. The molecule has 0 aliphatic rings. The summed E-state index contributed by atoms with van der Waals surface area (Å²) >= 11 is 4.83. The number of methoxy groups -OCH3 is 1. The second-order valence-electron chi connectivity index (χ2n) is 12.2. The van der Waals surface area contributed by atoms with Crippen molar-refractivity contribution in [2.24, 2.45) is 5.41 Å². The van der Waals surface area contributed by atoms with Gasteiger partial charge >= 0.3 is 0 Å². The second kappa shape index (κ2) is 29.2. The van der Waals surface area contributed by atoms with Crippen LogP contribution in [-0.2, 0) is 27.2 Å². The van der Waals surface area contributed by atoms with Crippen molar-refractivity contribution in [1.82, 2.24) is 5.32 Å². The maximum absolute atomic E-state index is 11.3. The Bertz CT molecular complexity index is 928. The minimum atomic E-state index is -0.292. The smallest absolute Gasteiger partial charge is 0.256 e. The van der Waals surface area contributed by atoms with Gasteiger partial charge in [0, 0.05) is 6.42 Å². The number of rotatable bonds is 10. The van der Waals surface area contributed by atoms with Gasteiger partial charge in [0.15, 0.2) is 5.78 Å². The van der Waals surface area contributed by atoms with Crippen LogP contribution in [0, 0.1) is 19.3 Å². The van der Waals surface area contributed by atoms with E-state index in [-0.39, 0.29) is 22.4 Å². The Labute approximate surface area is 278 Å². The highest BCUT2D eigenvalue weighted by molar-refractivity contribution is 7.80. The van der Waals surface area contributed by atoms with Crippen LogP contribution in [0.25, 0.3) is 0 Å². The summed E-state index contributed by atoms with van der Waals surface area (Å²) < 4.78 is 4.79. The third kappa shape index (κ3) is 29.5. The average molecular weight is 630 g/mol. The first-order valence-corrected chi connectivity index (χ1v) is 17.0. The van der Waals surface area contributed by atoms with Gasteiger partial charge in [-0.3, -0.25) is 4.79 Å². The lowest BCUT2D eigenvalue weighted by atomic mass is 9.85. The molecular weight excluding hydrogens is 563 g/mol. The third-order valence-electron chi connectivity index (χ3n) is 6.62. The largest absolute Gasteiger partial charge is 0.474 e. The van der Waals surface area contributed by atoms with Crippen LogP contribution in [-0.4, -0.2) is 29.9 Å². The van der Waals surface area contributed by atoms with Crippen LogP contribution >= 0.6 is 12.2 Å². The molecule has 1 atom stereocenters. The Morgan fingerprint density at radius 2 is 1.11 bits per heavy atom. The molecule has 5 heteroatoms. The van der Waals surface area contributed by atoms with Crippen molar-refractivity contribution >= 4 is 29.0 Å². The van der Waals surface area contributed by atoms with Gasteiger partial charge in [0.2, 0.25) is 0 Å². The van der Waals surface area contributed by atoms with Crippen LogP contribution in [0.3, 0.4) is 0 Å². The first-order valence-electron chi connectivity index (χ1n) is 16.6. The summed E-state index contributed by atoms with van der Waals surface area (Å²) in [6.07, 6.45) is 10.6. The van der Waals surface area contributed by atoms with Crippen molar-refractivity contribution in [3.8, 4) is 0 Å². The highest BCUT2D eigenvalue weighted by Crippen LogP contribution is 2.20. The number of ether oxygens (including phenoxy) is 1. The molecule has 4 nitrogen and oxygen atoms in total. The van der Waals surface area contributed by atoms with Crippen molar-refractivity contribution in [2.75, 3.05) is 7.11 Å². The maximum Gasteiger partial charge on any atom is 0.256 e. The summed E-state index contributed by atoms with van der Waals surface area (Å²) in [6.45, 7) is 24.2. The fourth-order valence-corrected chi connectivity index (χ4v) is 3.85. The Kier molecular flexibility index (Phi) is 30.5. The van der Waals surface area contributed by atoms with E-state index in [1.807, 2.05) is 20.8 Å². The summed E-state index contributed by atoms with van der Waals surface area (Å²) in [4.78, 5) is 21.6. The van der Waals surface area contributed by atoms with Gasteiger partial charge in [-0.05, 0) is 75.7 Å². The number of nitrogens with one attached hydrogen (secondary N) is 1. The van der Waals surface area contributed by atoms with E-state index in [0.717, 1.165) is 25.7 Å². The number of unbranched alkanes of at least 4 members (excludes halogenated alkanes) is 4. The minimum Gasteiger partial charge on any atom is -0.474 e. The molecule has 1 N–H and O–H groups in total. The highest BCUT2D eigenvalue weighted by atomic mass is 32.1. The monoisotopic (exact) mass is 629 g/mol. The molecule has 0 saturated heterocycles. The molecule has 0 spiro atoms. The number of carbonyl (C=O) groups is 2. The number of aryl methyl sites for hydroxylation is 4. The minimum absolute atomic E-state index is 0.0619.